The van der Waals surface area contributed by atoms with Crippen LogP contribution in [-0.4, -0.2) is 0 Å². The Kier molecular flexibility index (Phi) is 4.91. The van der Waals surface area contributed by atoms with Gasteiger partial charge in [0.1, 0.15) is 0 Å². The van der Waals surface area contributed by atoms with Crippen LogP contribution in [0.4, 0.5) is 0 Å². The average molecular weight is 449 g/mol. The van der Waals surface area contributed by atoms with Crippen molar-refractivity contribution < 1.29 is 0 Å². The lowest BCUT2D eigenvalue weighted by Crippen LogP contribution is -2.07. The third-order valence-electron chi connectivity index (χ3n) is 8.08. The van der Waals surface area contributed by atoms with Crippen molar-refractivity contribution in [1.29, 1.82) is 0 Å². The highest BCUT2D eigenvalue weighted by Crippen LogP contribution is 2.62. The molecule has 0 heterocycles. The Labute approximate surface area is 207 Å². The van der Waals surface area contributed by atoms with E-state index < -0.39 is 0 Å². The second kappa shape index (κ2) is 8.40. The van der Waals surface area contributed by atoms with E-state index in [2.05, 4.69) is 121 Å². The number of fused-ring (bicyclic) bond motifs is 5. The van der Waals surface area contributed by atoms with Crippen molar-refractivity contribution in [2.75, 3.05) is 0 Å². The Balaban J connectivity index is 1.72. The summed E-state index contributed by atoms with van der Waals surface area (Å²) in [5.74, 6) is 1.31. The van der Waals surface area contributed by atoms with E-state index in [1.807, 2.05) is 0 Å². The van der Waals surface area contributed by atoms with Crippen LogP contribution in [0.3, 0.4) is 0 Å². The first-order chi connectivity index (χ1) is 17.4. The summed E-state index contributed by atoms with van der Waals surface area (Å²) >= 11 is 0. The molecule has 0 aliphatic heterocycles. The molecule has 2 bridgehead atoms. The summed E-state index contributed by atoms with van der Waals surface area (Å²) in [4.78, 5) is 0. The van der Waals surface area contributed by atoms with Crippen LogP contribution in [0.25, 0.3) is 44.5 Å². The summed E-state index contributed by atoms with van der Waals surface area (Å²) in [7, 11) is 0. The van der Waals surface area contributed by atoms with E-state index in [0.717, 1.165) is 0 Å². The van der Waals surface area contributed by atoms with Crippen LogP contribution in [0.2, 0.25) is 0 Å². The largest absolute Gasteiger partial charge is 0.0622 e. The van der Waals surface area contributed by atoms with Gasteiger partial charge in [0.15, 0.2) is 0 Å². The third-order valence-corrected chi connectivity index (χ3v) is 8.08. The number of benzene rings is 5. The van der Waals surface area contributed by atoms with Crippen LogP contribution in [0, 0.1) is 0 Å². The van der Waals surface area contributed by atoms with E-state index in [-0.39, 0.29) is 0 Å². The summed E-state index contributed by atoms with van der Waals surface area (Å²) in [6.45, 7) is 0. The molecule has 5 aromatic carbocycles. The number of hydrogen-bond donors (Lipinski definition) is 0. The van der Waals surface area contributed by atoms with Crippen molar-refractivity contribution in [3.05, 3.63) is 132 Å². The van der Waals surface area contributed by atoms with Crippen molar-refractivity contribution in [3.63, 3.8) is 0 Å². The molecule has 0 saturated heterocycles. The van der Waals surface area contributed by atoms with Gasteiger partial charge in [-0.1, -0.05) is 121 Å². The molecule has 168 valence electrons. The molecule has 2 aliphatic carbocycles. The van der Waals surface area contributed by atoms with Crippen LogP contribution in [-0.2, 0) is 0 Å². The highest BCUT2D eigenvalue weighted by Gasteiger charge is 2.43. The molecule has 0 heteroatoms. The fourth-order valence-corrected chi connectivity index (χ4v) is 6.74. The molecule has 0 nitrogen and oxygen atoms in total. The Hall–Kier alpha value is -3.90. The Bertz CT molecular complexity index is 1370. The fourth-order valence-electron chi connectivity index (χ4n) is 6.74. The highest BCUT2D eigenvalue weighted by atomic mass is 14.5. The predicted octanol–water partition coefficient (Wildman–Crippen LogP) is 9.72. The molecule has 0 N–H and O–H groups in total. The van der Waals surface area contributed by atoms with Crippen LogP contribution >= 0.6 is 0 Å². The minimum atomic E-state index is 0.653. The first kappa shape index (κ1) is 20.5. The van der Waals surface area contributed by atoms with E-state index in [1.165, 1.54) is 63.8 Å². The standard InChI is InChI=1S/C35H28/c1-5-13-24(14-6-1)30-31(25-15-7-2-8-16-25)33(27-19-11-4-12-20-27)35-29-22-21-28(23-29)34(35)32(30)26-17-9-3-10-18-26/h1-20,28-29H,21-23H2. The molecule has 2 unspecified atom stereocenters. The van der Waals surface area contributed by atoms with Gasteiger partial charge in [-0.05, 0) is 86.7 Å². The summed E-state index contributed by atoms with van der Waals surface area (Å²) in [6.07, 6.45) is 3.91. The maximum absolute atomic E-state index is 2.31. The van der Waals surface area contributed by atoms with Crippen molar-refractivity contribution in [3.8, 4) is 44.5 Å². The Morgan fingerprint density at radius 1 is 0.343 bits per heavy atom. The highest BCUT2D eigenvalue weighted by molar-refractivity contribution is 6.05. The van der Waals surface area contributed by atoms with Gasteiger partial charge < -0.3 is 0 Å². The lowest BCUT2D eigenvalue weighted by molar-refractivity contribution is 0.720. The lowest BCUT2D eigenvalue weighted by Gasteiger charge is -2.30. The normalized spacial score (nSPS) is 17.9. The molecule has 2 aliphatic rings. The third kappa shape index (κ3) is 3.28. The van der Waals surface area contributed by atoms with Crippen LogP contribution < -0.4 is 0 Å². The zero-order chi connectivity index (χ0) is 23.2. The summed E-state index contributed by atoms with van der Waals surface area (Å²) < 4.78 is 0. The predicted molar refractivity (Wildman–Crippen MR) is 148 cm³/mol. The van der Waals surface area contributed by atoms with Gasteiger partial charge in [0.2, 0.25) is 0 Å². The van der Waals surface area contributed by atoms with Crippen molar-refractivity contribution >= 4 is 0 Å². The van der Waals surface area contributed by atoms with Crippen LogP contribution in [0.1, 0.15) is 42.2 Å². The van der Waals surface area contributed by atoms with Gasteiger partial charge in [0.05, 0.1) is 0 Å². The smallest absolute Gasteiger partial charge is 0.00175 e. The van der Waals surface area contributed by atoms with E-state index in [4.69, 9.17) is 0 Å². The van der Waals surface area contributed by atoms with Gasteiger partial charge >= 0.3 is 0 Å². The fraction of sp³-hybridized carbons (Fsp3) is 0.143. The molecular formula is C35H28. The minimum Gasteiger partial charge on any atom is -0.0622 e. The summed E-state index contributed by atoms with van der Waals surface area (Å²) in [6, 6.07) is 44.4. The Morgan fingerprint density at radius 2 is 0.629 bits per heavy atom. The maximum Gasteiger partial charge on any atom is -0.00175 e. The molecule has 0 aromatic heterocycles. The molecule has 0 amide bonds. The first-order valence-electron chi connectivity index (χ1n) is 12.9. The molecule has 1 fully saturated rings. The molecule has 7 rings (SSSR count). The van der Waals surface area contributed by atoms with Gasteiger partial charge in [-0.25, -0.2) is 0 Å². The molecule has 0 radical (unpaired) electrons. The monoisotopic (exact) mass is 448 g/mol. The first-order valence-corrected chi connectivity index (χ1v) is 12.9. The quantitative estimate of drug-likeness (QED) is 0.257. The molecule has 5 aromatic rings. The molecule has 0 spiro atoms. The van der Waals surface area contributed by atoms with E-state index >= 15 is 0 Å². The van der Waals surface area contributed by atoms with Gasteiger partial charge in [-0.2, -0.15) is 0 Å². The SMILES string of the molecule is c1ccc(-c2c(-c3ccccc3)c(-c3ccccc3)c3c(c2-c2ccccc2)C2CCC3C2)cc1. The van der Waals surface area contributed by atoms with E-state index in [1.54, 1.807) is 11.1 Å². The molecular weight excluding hydrogens is 420 g/mol. The van der Waals surface area contributed by atoms with Crippen LogP contribution in [0.5, 0.6) is 0 Å². The zero-order valence-corrected chi connectivity index (χ0v) is 19.8. The van der Waals surface area contributed by atoms with Crippen molar-refractivity contribution in [2.24, 2.45) is 0 Å². The zero-order valence-electron chi connectivity index (χ0n) is 19.8. The van der Waals surface area contributed by atoms with Gasteiger partial charge in [-0.15, -0.1) is 0 Å². The van der Waals surface area contributed by atoms with Gasteiger partial charge in [-0.3, -0.25) is 0 Å². The van der Waals surface area contributed by atoms with Crippen molar-refractivity contribution in [1.82, 2.24) is 0 Å². The summed E-state index contributed by atoms with van der Waals surface area (Å²) in [5.41, 5.74) is 14.2. The topological polar surface area (TPSA) is 0 Å². The number of hydrogen-bond acceptors (Lipinski definition) is 0. The Morgan fingerprint density at radius 3 is 0.943 bits per heavy atom. The molecule has 1 saturated carbocycles. The second-order valence-corrected chi connectivity index (χ2v) is 10.00. The van der Waals surface area contributed by atoms with Crippen molar-refractivity contribution in [2.45, 2.75) is 31.1 Å². The molecule has 35 heavy (non-hydrogen) atoms. The summed E-state index contributed by atoms with van der Waals surface area (Å²) in [5, 5.41) is 0. The molecule has 2 atom stereocenters. The minimum absolute atomic E-state index is 0.653. The number of rotatable bonds is 4. The lowest BCUT2D eigenvalue weighted by atomic mass is 9.73. The van der Waals surface area contributed by atoms with E-state index in [9.17, 15) is 0 Å². The van der Waals surface area contributed by atoms with E-state index in [0.29, 0.717) is 11.8 Å². The maximum atomic E-state index is 2.31. The van der Waals surface area contributed by atoms with Crippen LogP contribution in [0.15, 0.2) is 121 Å². The second-order valence-electron chi connectivity index (χ2n) is 10.00. The van der Waals surface area contributed by atoms with Gasteiger partial charge in [0.25, 0.3) is 0 Å². The van der Waals surface area contributed by atoms with Gasteiger partial charge in [0, 0.05) is 0 Å². The average Bonchev–Trinajstić information content (AvgIpc) is 3.57.